The maximum absolute atomic E-state index is 13.6. The van der Waals surface area contributed by atoms with Gasteiger partial charge in [0.2, 0.25) is 5.91 Å². The highest BCUT2D eigenvalue weighted by Crippen LogP contribution is 2.13. The van der Waals surface area contributed by atoms with E-state index in [-0.39, 0.29) is 19.4 Å². The van der Waals surface area contributed by atoms with E-state index in [0.717, 1.165) is 16.7 Å². The van der Waals surface area contributed by atoms with Crippen molar-refractivity contribution in [3.05, 3.63) is 108 Å². The molecule has 0 bridgehead atoms. The van der Waals surface area contributed by atoms with Gasteiger partial charge in [-0.2, -0.15) is 0 Å². The number of nitrogens with one attached hydrogen (secondary N) is 3. The van der Waals surface area contributed by atoms with Crippen LogP contribution in [0.3, 0.4) is 0 Å². The minimum absolute atomic E-state index is 0.0326. The predicted molar refractivity (Wildman–Crippen MR) is 174 cm³/mol. The number of esters is 1. The molecule has 3 rings (SSSR count). The molecule has 10 heteroatoms. The van der Waals surface area contributed by atoms with Crippen LogP contribution in [0.25, 0.3) is 0 Å². The highest BCUT2D eigenvalue weighted by Gasteiger charge is 2.35. The highest BCUT2D eigenvalue weighted by molar-refractivity contribution is 5.92. The Kier molecular flexibility index (Phi) is 13.3. The van der Waals surface area contributed by atoms with E-state index in [1.165, 1.54) is 0 Å². The minimum atomic E-state index is -1.72. The van der Waals surface area contributed by atoms with Crippen molar-refractivity contribution in [1.82, 2.24) is 16.0 Å². The molecule has 246 valence electrons. The van der Waals surface area contributed by atoms with Gasteiger partial charge in [0.05, 0.1) is 6.04 Å². The van der Waals surface area contributed by atoms with Crippen molar-refractivity contribution in [2.24, 2.45) is 5.92 Å². The highest BCUT2D eigenvalue weighted by atomic mass is 16.6. The number of hydrogen-bond donors (Lipinski definition) is 4. The Labute approximate surface area is 270 Å². The molecule has 10 nitrogen and oxygen atoms in total. The number of carbonyl (C=O) groups is 4. The molecule has 0 fully saturated rings. The van der Waals surface area contributed by atoms with Gasteiger partial charge in [-0.1, -0.05) is 105 Å². The van der Waals surface area contributed by atoms with Gasteiger partial charge in [0.1, 0.15) is 24.3 Å². The fourth-order valence-corrected chi connectivity index (χ4v) is 4.66. The molecule has 0 aliphatic carbocycles. The Morgan fingerprint density at radius 1 is 0.696 bits per heavy atom. The lowest BCUT2D eigenvalue weighted by Crippen LogP contribution is -2.59. The minimum Gasteiger partial charge on any atom is -0.459 e. The first-order valence-corrected chi connectivity index (χ1v) is 15.4. The first-order valence-electron chi connectivity index (χ1n) is 15.4. The molecule has 3 aromatic carbocycles. The third kappa shape index (κ3) is 12.0. The van der Waals surface area contributed by atoms with Crippen LogP contribution in [0.4, 0.5) is 4.79 Å². The summed E-state index contributed by atoms with van der Waals surface area (Å²) in [6, 6.07) is 24.2. The molecule has 0 aliphatic rings. The summed E-state index contributed by atoms with van der Waals surface area (Å²) in [7, 11) is 0. The lowest BCUT2D eigenvalue weighted by Gasteiger charge is -2.29. The first kappa shape index (κ1) is 35.8. The van der Waals surface area contributed by atoms with Gasteiger partial charge in [-0.3, -0.25) is 9.59 Å². The topological polar surface area (TPSA) is 143 Å². The summed E-state index contributed by atoms with van der Waals surface area (Å²) in [5.41, 5.74) is 1.58. The summed E-state index contributed by atoms with van der Waals surface area (Å²) in [4.78, 5) is 52.9. The lowest BCUT2D eigenvalue weighted by molar-refractivity contribution is -0.149. The Morgan fingerprint density at radius 3 is 1.70 bits per heavy atom. The maximum Gasteiger partial charge on any atom is 0.407 e. The van der Waals surface area contributed by atoms with E-state index < -0.39 is 59.6 Å². The maximum atomic E-state index is 13.6. The Balaban J connectivity index is 1.75. The number of aliphatic hydroxyl groups is 1. The third-order valence-electron chi connectivity index (χ3n) is 7.00. The van der Waals surface area contributed by atoms with Crippen LogP contribution in [-0.2, 0) is 43.3 Å². The molecule has 3 amide bonds. The summed E-state index contributed by atoms with van der Waals surface area (Å²) in [6.45, 7) is 8.61. The number of hydrogen-bond acceptors (Lipinski definition) is 7. The zero-order valence-electron chi connectivity index (χ0n) is 27.1. The quantitative estimate of drug-likeness (QED) is 0.196. The number of ether oxygens (including phenoxy) is 2. The molecule has 3 aromatic rings. The molecule has 0 spiro atoms. The van der Waals surface area contributed by atoms with Gasteiger partial charge >= 0.3 is 12.1 Å². The van der Waals surface area contributed by atoms with E-state index in [4.69, 9.17) is 9.47 Å². The van der Waals surface area contributed by atoms with Gasteiger partial charge in [-0.25, -0.2) is 9.59 Å². The van der Waals surface area contributed by atoms with Crippen LogP contribution < -0.4 is 16.0 Å². The van der Waals surface area contributed by atoms with Crippen LogP contribution in [0.2, 0.25) is 0 Å². The Hall–Kier alpha value is -4.70. The van der Waals surface area contributed by atoms with Crippen molar-refractivity contribution in [1.29, 1.82) is 0 Å². The number of alkyl carbamates (subject to hydrolysis) is 1. The molecule has 0 aromatic heterocycles. The molecule has 46 heavy (non-hydrogen) atoms. The van der Waals surface area contributed by atoms with E-state index >= 15 is 0 Å². The van der Waals surface area contributed by atoms with Crippen molar-refractivity contribution in [2.45, 2.75) is 83.9 Å². The molecule has 0 saturated heterocycles. The fourth-order valence-electron chi connectivity index (χ4n) is 4.66. The van der Waals surface area contributed by atoms with E-state index in [1.807, 2.05) is 91.0 Å². The van der Waals surface area contributed by atoms with Crippen molar-refractivity contribution < 1.29 is 33.8 Å². The Bertz CT molecular complexity index is 1410. The molecule has 4 atom stereocenters. The van der Waals surface area contributed by atoms with E-state index in [1.54, 1.807) is 34.6 Å². The smallest absolute Gasteiger partial charge is 0.407 e. The molecule has 0 radical (unpaired) electrons. The molecular weight excluding hydrogens is 586 g/mol. The van der Waals surface area contributed by atoms with Crippen LogP contribution in [-0.4, -0.2) is 58.8 Å². The van der Waals surface area contributed by atoms with Crippen molar-refractivity contribution in [3.63, 3.8) is 0 Å². The van der Waals surface area contributed by atoms with Crippen LogP contribution in [0.15, 0.2) is 91.0 Å². The number of carbonyl (C=O) groups excluding carboxylic acids is 4. The molecule has 0 heterocycles. The Morgan fingerprint density at radius 2 is 1.20 bits per heavy atom. The monoisotopic (exact) mass is 631 g/mol. The lowest BCUT2D eigenvalue weighted by atomic mass is 9.98. The average molecular weight is 632 g/mol. The van der Waals surface area contributed by atoms with Crippen molar-refractivity contribution in [3.8, 4) is 0 Å². The summed E-state index contributed by atoms with van der Waals surface area (Å²) in [5.74, 6) is -2.52. The van der Waals surface area contributed by atoms with Crippen LogP contribution >= 0.6 is 0 Å². The van der Waals surface area contributed by atoms with Crippen LogP contribution in [0.1, 0.15) is 51.3 Å². The second kappa shape index (κ2) is 17.1. The molecule has 0 aliphatic heterocycles. The van der Waals surface area contributed by atoms with Crippen molar-refractivity contribution >= 4 is 23.9 Å². The summed E-state index contributed by atoms with van der Waals surface area (Å²) >= 11 is 0. The standard InChI is InChI=1S/C36H45N3O7/c1-24(2)30(39-33(42)31(40)28(21-25-15-9-6-10-16-25)38-35(44)46-36(3,4)5)32(41)37-29(22-26-17-11-7-12-18-26)34(43)45-23-27-19-13-8-14-20-27/h6-20,24,28-31,40H,21-23H2,1-5H3,(H,37,41)(H,38,44)(H,39,42)/t28-,29+,30+,31+/m1/s1. The van der Waals surface area contributed by atoms with Crippen LogP contribution in [0.5, 0.6) is 0 Å². The molecule has 0 unspecified atom stereocenters. The second-order valence-corrected chi connectivity index (χ2v) is 12.5. The predicted octanol–water partition coefficient (Wildman–Crippen LogP) is 4.10. The average Bonchev–Trinajstić information content (AvgIpc) is 3.01. The number of amides is 3. The van der Waals surface area contributed by atoms with Gasteiger partial charge in [0, 0.05) is 6.42 Å². The second-order valence-electron chi connectivity index (χ2n) is 12.5. The SMILES string of the molecule is CC(C)[C@H](NC(=O)[C@@H](O)[C@@H](Cc1ccccc1)NC(=O)OC(C)(C)C)C(=O)N[C@@H](Cc1ccccc1)C(=O)OCc1ccccc1. The summed E-state index contributed by atoms with van der Waals surface area (Å²) in [6.07, 6.45) is -2.23. The summed E-state index contributed by atoms with van der Waals surface area (Å²) < 4.78 is 10.9. The molecule has 4 N–H and O–H groups in total. The van der Waals surface area contributed by atoms with Crippen molar-refractivity contribution in [2.75, 3.05) is 0 Å². The third-order valence-corrected chi connectivity index (χ3v) is 7.00. The van der Waals surface area contributed by atoms with E-state index in [0.29, 0.717) is 0 Å². The zero-order chi connectivity index (χ0) is 33.7. The molecule has 0 saturated carbocycles. The largest absolute Gasteiger partial charge is 0.459 e. The number of rotatable bonds is 14. The molecular formula is C36H45N3O7. The number of aliphatic hydroxyl groups excluding tert-OH is 1. The van der Waals surface area contributed by atoms with Gasteiger partial charge in [-0.05, 0) is 49.8 Å². The van der Waals surface area contributed by atoms with Gasteiger partial charge in [0.25, 0.3) is 5.91 Å². The van der Waals surface area contributed by atoms with Gasteiger partial charge < -0.3 is 30.5 Å². The van der Waals surface area contributed by atoms with E-state index in [2.05, 4.69) is 16.0 Å². The van der Waals surface area contributed by atoms with Crippen LogP contribution in [0, 0.1) is 5.92 Å². The normalized spacial score (nSPS) is 13.9. The van der Waals surface area contributed by atoms with Gasteiger partial charge in [-0.15, -0.1) is 0 Å². The number of benzene rings is 3. The fraction of sp³-hybridized carbons (Fsp3) is 0.389. The zero-order valence-corrected chi connectivity index (χ0v) is 27.1. The first-order chi connectivity index (χ1) is 21.8. The summed E-state index contributed by atoms with van der Waals surface area (Å²) in [5, 5.41) is 19.1. The van der Waals surface area contributed by atoms with Gasteiger partial charge in [0.15, 0.2) is 6.10 Å². The van der Waals surface area contributed by atoms with E-state index in [9.17, 15) is 24.3 Å².